The molecular weight excluding hydrogens is 477 g/mol. The number of aromatic nitrogens is 1. The Morgan fingerprint density at radius 3 is 2.65 bits per heavy atom. The average Bonchev–Trinajstić information content (AvgIpc) is 3.41. The van der Waals surface area contributed by atoms with Crippen molar-refractivity contribution < 1.29 is 18.0 Å². The van der Waals surface area contributed by atoms with Gasteiger partial charge in [-0.15, -0.1) is 0 Å². The lowest BCUT2D eigenvalue weighted by atomic mass is 9.93. The fourth-order valence-corrected chi connectivity index (χ4v) is 4.85. The third-order valence-electron chi connectivity index (χ3n) is 6.66. The van der Waals surface area contributed by atoms with E-state index in [2.05, 4.69) is 10.3 Å². The number of pyridine rings is 1. The molecule has 8 heteroatoms. The Bertz CT molecular complexity index is 1560. The molecule has 1 fully saturated rings. The molecule has 2 heterocycles. The number of nitrogens with one attached hydrogen (secondary N) is 1. The van der Waals surface area contributed by atoms with Gasteiger partial charge in [0.2, 0.25) is 0 Å². The number of hydrogen-bond acceptors (Lipinski definition) is 4. The van der Waals surface area contributed by atoms with Crippen molar-refractivity contribution in [3.05, 3.63) is 89.4 Å². The van der Waals surface area contributed by atoms with Gasteiger partial charge in [-0.05, 0) is 79.0 Å². The minimum absolute atomic E-state index is 0.0759. The van der Waals surface area contributed by atoms with Crippen molar-refractivity contribution in [1.29, 1.82) is 5.26 Å². The van der Waals surface area contributed by atoms with E-state index in [1.165, 1.54) is 12.3 Å². The number of benzene rings is 3. The van der Waals surface area contributed by atoms with Gasteiger partial charge in [0.25, 0.3) is 5.91 Å². The maximum absolute atomic E-state index is 14.9. The Kier molecular flexibility index (Phi) is 6.64. The maximum atomic E-state index is 14.9. The van der Waals surface area contributed by atoms with Crippen LogP contribution in [-0.2, 0) is 0 Å². The van der Waals surface area contributed by atoms with Crippen LogP contribution in [0.2, 0.25) is 0 Å². The summed E-state index contributed by atoms with van der Waals surface area (Å²) in [5.41, 5.74) is 1.89. The molecule has 37 heavy (non-hydrogen) atoms. The number of carbonyl (C=O) groups excluding carboxylic acids is 1. The van der Waals surface area contributed by atoms with Gasteiger partial charge < -0.3 is 10.2 Å². The highest BCUT2D eigenvalue weighted by Gasteiger charge is 2.25. The van der Waals surface area contributed by atoms with Crippen LogP contribution < -0.4 is 5.32 Å². The van der Waals surface area contributed by atoms with Crippen molar-refractivity contribution in [2.45, 2.75) is 18.9 Å². The second kappa shape index (κ2) is 10.0. The van der Waals surface area contributed by atoms with Crippen molar-refractivity contribution in [2.75, 3.05) is 20.1 Å². The number of likely N-dealkylation sites (N-methyl/N-ethyl adjacent to an activating group) is 1. The molecule has 1 aliphatic rings. The topological polar surface area (TPSA) is 69.0 Å². The quantitative estimate of drug-likeness (QED) is 0.383. The summed E-state index contributed by atoms with van der Waals surface area (Å²) in [6.07, 6.45) is 3.34. The molecule has 5 nitrogen and oxygen atoms in total. The van der Waals surface area contributed by atoms with Crippen LogP contribution in [0.1, 0.15) is 28.8 Å². The first-order valence-electron chi connectivity index (χ1n) is 11.9. The van der Waals surface area contributed by atoms with E-state index in [0.29, 0.717) is 28.6 Å². The smallest absolute Gasteiger partial charge is 0.255 e. The third kappa shape index (κ3) is 4.91. The second-order valence-electron chi connectivity index (χ2n) is 9.22. The average molecular weight is 501 g/mol. The molecule has 0 bridgehead atoms. The van der Waals surface area contributed by atoms with Gasteiger partial charge in [0.15, 0.2) is 0 Å². The van der Waals surface area contributed by atoms with Gasteiger partial charge in [-0.1, -0.05) is 6.07 Å². The number of rotatable bonds is 5. The highest BCUT2D eigenvalue weighted by molar-refractivity contribution is 6.12. The van der Waals surface area contributed by atoms with Gasteiger partial charge in [0.05, 0.1) is 22.7 Å². The predicted molar refractivity (Wildman–Crippen MR) is 135 cm³/mol. The fraction of sp³-hybridized carbons (Fsp3) is 0.207. The van der Waals surface area contributed by atoms with Crippen molar-refractivity contribution >= 4 is 16.8 Å². The minimum Gasteiger partial charge on any atom is -0.340 e. The zero-order valence-electron chi connectivity index (χ0n) is 20.1. The summed E-state index contributed by atoms with van der Waals surface area (Å²) in [5.74, 6) is -2.26. The maximum Gasteiger partial charge on any atom is 0.255 e. The van der Waals surface area contributed by atoms with Crippen LogP contribution in [0.25, 0.3) is 33.2 Å². The van der Waals surface area contributed by atoms with E-state index >= 15 is 0 Å². The molecule has 0 spiro atoms. The zero-order chi connectivity index (χ0) is 26.1. The Balaban J connectivity index is 1.72. The summed E-state index contributed by atoms with van der Waals surface area (Å²) >= 11 is 0. The first-order valence-corrected chi connectivity index (χ1v) is 11.9. The lowest BCUT2D eigenvalue weighted by Gasteiger charge is -2.24. The lowest BCUT2D eigenvalue weighted by Crippen LogP contribution is -2.39. The van der Waals surface area contributed by atoms with E-state index in [-0.39, 0.29) is 34.2 Å². The second-order valence-corrected chi connectivity index (χ2v) is 9.22. The summed E-state index contributed by atoms with van der Waals surface area (Å²) in [6.45, 7) is 1.33. The fourth-order valence-electron chi connectivity index (χ4n) is 4.85. The highest BCUT2D eigenvalue weighted by Crippen LogP contribution is 2.34. The number of nitrogens with zero attached hydrogens (tertiary/aromatic N) is 3. The number of nitriles is 1. The largest absolute Gasteiger partial charge is 0.340 e. The normalized spacial score (nSPS) is 15.1. The number of amides is 1. The molecule has 1 aliphatic heterocycles. The van der Waals surface area contributed by atoms with Gasteiger partial charge in [0.1, 0.15) is 17.5 Å². The van der Waals surface area contributed by atoms with Crippen molar-refractivity contribution in [2.24, 2.45) is 0 Å². The summed E-state index contributed by atoms with van der Waals surface area (Å²) in [6, 6.07) is 14.2. The van der Waals surface area contributed by atoms with Gasteiger partial charge in [0, 0.05) is 42.3 Å². The Morgan fingerprint density at radius 2 is 1.89 bits per heavy atom. The van der Waals surface area contributed by atoms with E-state index in [0.717, 1.165) is 43.7 Å². The first kappa shape index (κ1) is 24.5. The Labute approximate surface area is 212 Å². The molecular formula is C29H23F3N4O. The van der Waals surface area contributed by atoms with E-state index < -0.39 is 17.5 Å². The summed E-state index contributed by atoms with van der Waals surface area (Å²) in [7, 11) is 1.68. The van der Waals surface area contributed by atoms with Gasteiger partial charge in [-0.25, -0.2) is 13.2 Å². The number of fused-ring (bicyclic) bond motifs is 1. The van der Waals surface area contributed by atoms with Gasteiger partial charge in [-0.2, -0.15) is 5.26 Å². The molecule has 1 aromatic heterocycles. The standard InChI is InChI=1S/C29H23F3N4O/c1-36(16-22-3-2-8-34-22)29(37)28-24-12-18(19-9-17(14-33)10-21(31)11-19)4-7-27(24)35-15-25(28)23-13-20(30)5-6-26(23)32/h4-7,9-13,15,22,34H,2-3,8,16H2,1H3/t22-/m0/s1. The molecule has 186 valence electrons. The van der Waals surface area contributed by atoms with Crippen LogP contribution in [0.5, 0.6) is 0 Å². The Hall–Kier alpha value is -4.22. The van der Waals surface area contributed by atoms with Crippen LogP contribution in [0, 0.1) is 28.8 Å². The molecule has 0 unspecified atom stereocenters. The summed E-state index contributed by atoms with van der Waals surface area (Å²) in [4.78, 5) is 19.9. The molecule has 0 aliphatic carbocycles. The monoisotopic (exact) mass is 500 g/mol. The predicted octanol–water partition coefficient (Wildman–Crippen LogP) is 5.68. The van der Waals surface area contributed by atoms with E-state index in [1.807, 2.05) is 6.07 Å². The number of hydrogen-bond donors (Lipinski definition) is 1. The van der Waals surface area contributed by atoms with Crippen LogP contribution in [0.15, 0.2) is 60.8 Å². The van der Waals surface area contributed by atoms with E-state index in [4.69, 9.17) is 0 Å². The van der Waals surface area contributed by atoms with Crippen LogP contribution in [0.4, 0.5) is 13.2 Å². The molecule has 1 N–H and O–H groups in total. The molecule has 1 amide bonds. The molecule has 0 radical (unpaired) electrons. The molecule has 4 aromatic rings. The van der Waals surface area contributed by atoms with Crippen molar-refractivity contribution in [3.63, 3.8) is 0 Å². The number of carbonyl (C=O) groups is 1. The molecule has 3 aromatic carbocycles. The summed E-state index contributed by atoms with van der Waals surface area (Å²) < 4.78 is 43.2. The first-order chi connectivity index (χ1) is 17.8. The van der Waals surface area contributed by atoms with Crippen molar-refractivity contribution in [3.8, 4) is 28.3 Å². The van der Waals surface area contributed by atoms with Crippen LogP contribution >= 0.6 is 0 Å². The van der Waals surface area contributed by atoms with E-state index in [1.54, 1.807) is 36.2 Å². The molecule has 1 saturated heterocycles. The van der Waals surface area contributed by atoms with Crippen LogP contribution in [-0.4, -0.2) is 42.0 Å². The molecule has 1 atom stereocenters. The van der Waals surface area contributed by atoms with Crippen LogP contribution in [0.3, 0.4) is 0 Å². The highest BCUT2D eigenvalue weighted by atomic mass is 19.1. The molecule has 0 saturated carbocycles. The Morgan fingerprint density at radius 1 is 1.05 bits per heavy atom. The van der Waals surface area contributed by atoms with Crippen molar-refractivity contribution in [1.82, 2.24) is 15.2 Å². The third-order valence-corrected chi connectivity index (χ3v) is 6.66. The zero-order valence-corrected chi connectivity index (χ0v) is 20.1. The summed E-state index contributed by atoms with van der Waals surface area (Å²) in [5, 5.41) is 13.0. The lowest BCUT2D eigenvalue weighted by molar-refractivity contribution is 0.0786. The molecule has 5 rings (SSSR count). The van der Waals surface area contributed by atoms with Gasteiger partial charge in [-0.3, -0.25) is 9.78 Å². The SMILES string of the molecule is CN(C[C@@H]1CCCN1)C(=O)c1c(-c2cc(F)ccc2F)cnc2ccc(-c3cc(F)cc(C#N)c3)cc12. The number of halogens is 3. The van der Waals surface area contributed by atoms with E-state index in [9.17, 15) is 23.2 Å². The van der Waals surface area contributed by atoms with Gasteiger partial charge >= 0.3 is 0 Å². The minimum atomic E-state index is -0.684.